The Morgan fingerprint density at radius 1 is 1.02 bits per heavy atom. The number of methoxy groups -OCH3 is 1. The van der Waals surface area contributed by atoms with Crippen LogP contribution in [0.15, 0.2) is 53.7 Å². The van der Waals surface area contributed by atoms with Gasteiger partial charge in [-0.3, -0.25) is 4.79 Å². The number of carbonyl (C=O) groups excluding carboxylic acids is 2. The first kappa shape index (κ1) is 27.8. The number of aromatic amines is 1. The van der Waals surface area contributed by atoms with Crippen LogP contribution in [0.5, 0.6) is 17.4 Å². The average Bonchev–Trinajstić information content (AvgIpc) is 3.50. The number of carbonyl (C=O) groups is 2. The van der Waals surface area contributed by atoms with E-state index in [0.29, 0.717) is 75.9 Å². The lowest BCUT2D eigenvalue weighted by molar-refractivity contribution is 0.0600. The molecule has 0 fully saturated rings. The average molecular weight is 560 g/mol. The van der Waals surface area contributed by atoms with Crippen molar-refractivity contribution in [1.82, 2.24) is 19.4 Å². The number of nitrogens with zero attached hydrogens (tertiary/aromatic N) is 4. The summed E-state index contributed by atoms with van der Waals surface area (Å²) in [6, 6.07) is 12.2. The summed E-state index contributed by atoms with van der Waals surface area (Å²) >= 11 is 0. The first-order valence-corrected chi connectivity index (χ1v) is 13.1. The molecule has 3 heterocycles. The molecule has 0 radical (unpaired) electrons. The fourth-order valence-electron chi connectivity index (χ4n) is 4.72. The highest BCUT2D eigenvalue weighted by Gasteiger charge is 2.23. The van der Waals surface area contributed by atoms with Crippen molar-refractivity contribution in [2.24, 2.45) is 12.0 Å². The second kappa shape index (κ2) is 11.4. The number of nitrogens with one attached hydrogen (secondary N) is 1. The number of ether oxygens (including phenoxy) is 3. The molecule has 11 nitrogen and oxygen atoms in total. The summed E-state index contributed by atoms with van der Waals surface area (Å²) in [6.07, 6.45) is 1.77. The van der Waals surface area contributed by atoms with Gasteiger partial charge in [0.2, 0.25) is 0 Å². The molecular weight excluding hydrogens is 526 g/mol. The number of benzene rings is 2. The van der Waals surface area contributed by atoms with E-state index in [1.54, 1.807) is 60.1 Å². The van der Waals surface area contributed by atoms with Crippen LogP contribution >= 0.6 is 0 Å². The first-order valence-electron chi connectivity index (χ1n) is 13.1. The topological polar surface area (TPSA) is 122 Å². The Bertz CT molecular complexity index is 1650. The van der Waals surface area contributed by atoms with E-state index in [2.05, 4.69) is 4.98 Å². The molecule has 0 atom stereocenters. The van der Waals surface area contributed by atoms with E-state index in [0.717, 1.165) is 6.54 Å². The standard InChI is InChI=1S/C30H33N5O6/c1-33(2)10-11-34(3)29(37)23-16-20(17-35(23)4)31-27(18-7-9-24-25(15-18)41-13-12-40-24)26-21-8-6-19(30(38)39-5)14-22(21)32-28(26)36/h6-9,14-17,32,36H,10-13H2,1-5H3. The van der Waals surface area contributed by atoms with Crippen LogP contribution < -0.4 is 9.47 Å². The maximum absolute atomic E-state index is 13.2. The van der Waals surface area contributed by atoms with Gasteiger partial charge in [-0.1, -0.05) is 6.07 Å². The van der Waals surface area contributed by atoms with Gasteiger partial charge in [0.15, 0.2) is 17.4 Å². The molecule has 1 aliphatic heterocycles. The molecule has 1 amide bonds. The number of fused-ring (bicyclic) bond motifs is 2. The van der Waals surface area contributed by atoms with Crippen LogP contribution in [0.3, 0.4) is 0 Å². The van der Waals surface area contributed by atoms with Gasteiger partial charge >= 0.3 is 5.97 Å². The molecule has 0 bridgehead atoms. The molecular formula is C30H33N5O6. The summed E-state index contributed by atoms with van der Waals surface area (Å²) in [4.78, 5) is 36.9. The largest absolute Gasteiger partial charge is 0.494 e. The number of likely N-dealkylation sites (N-methyl/N-ethyl adjacent to an activating group) is 2. The van der Waals surface area contributed by atoms with Gasteiger partial charge in [0.25, 0.3) is 5.91 Å². The molecule has 5 rings (SSSR count). The molecule has 11 heteroatoms. The Balaban J connectivity index is 1.62. The van der Waals surface area contributed by atoms with E-state index in [1.807, 2.05) is 31.1 Å². The number of H-pyrrole nitrogens is 1. The van der Waals surface area contributed by atoms with E-state index in [-0.39, 0.29) is 11.8 Å². The summed E-state index contributed by atoms with van der Waals surface area (Å²) < 4.78 is 18.1. The lowest BCUT2D eigenvalue weighted by Gasteiger charge is -2.19. The monoisotopic (exact) mass is 559 g/mol. The zero-order chi connectivity index (χ0) is 29.3. The molecule has 214 valence electrons. The predicted octanol–water partition coefficient (Wildman–Crippen LogP) is 3.57. The van der Waals surface area contributed by atoms with Crippen LogP contribution in [0.1, 0.15) is 32.0 Å². The maximum Gasteiger partial charge on any atom is 0.337 e. The summed E-state index contributed by atoms with van der Waals surface area (Å²) in [5.41, 5.74) is 3.45. The second-order valence-electron chi connectivity index (χ2n) is 10.1. The van der Waals surface area contributed by atoms with Crippen molar-refractivity contribution < 1.29 is 28.9 Å². The molecule has 0 unspecified atom stereocenters. The van der Waals surface area contributed by atoms with Crippen molar-refractivity contribution >= 4 is 34.2 Å². The van der Waals surface area contributed by atoms with Crippen molar-refractivity contribution in [3.05, 3.63) is 71.0 Å². The van der Waals surface area contributed by atoms with Crippen LogP contribution in [0.2, 0.25) is 0 Å². The van der Waals surface area contributed by atoms with Gasteiger partial charge in [0, 0.05) is 49.8 Å². The van der Waals surface area contributed by atoms with Gasteiger partial charge < -0.3 is 38.7 Å². The van der Waals surface area contributed by atoms with E-state index < -0.39 is 5.97 Å². The minimum atomic E-state index is -0.486. The third-order valence-electron chi connectivity index (χ3n) is 6.93. The van der Waals surface area contributed by atoms with Crippen molar-refractivity contribution in [3.63, 3.8) is 0 Å². The summed E-state index contributed by atoms with van der Waals surface area (Å²) in [5, 5.41) is 11.8. The van der Waals surface area contributed by atoms with Crippen LogP contribution in [0.4, 0.5) is 5.69 Å². The van der Waals surface area contributed by atoms with Gasteiger partial charge in [-0.05, 0) is 50.5 Å². The molecule has 4 aromatic rings. The second-order valence-corrected chi connectivity index (χ2v) is 10.1. The normalized spacial score (nSPS) is 13.1. The van der Waals surface area contributed by atoms with Gasteiger partial charge in [0.05, 0.1) is 29.6 Å². The Hall–Kier alpha value is -4.77. The quantitative estimate of drug-likeness (QED) is 0.250. The summed E-state index contributed by atoms with van der Waals surface area (Å²) in [7, 11) is 8.81. The maximum atomic E-state index is 13.2. The van der Waals surface area contributed by atoms with Gasteiger partial charge in [-0.15, -0.1) is 0 Å². The number of aromatic nitrogens is 2. The number of aliphatic imine (C=N–C) groups is 1. The highest BCUT2D eigenvalue weighted by atomic mass is 16.6. The van der Waals surface area contributed by atoms with Crippen molar-refractivity contribution in [1.29, 1.82) is 0 Å². The van der Waals surface area contributed by atoms with Crippen LogP contribution in [-0.4, -0.2) is 96.6 Å². The lowest BCUT2D eigenvalue weighted by Crippen LogP contribution is -2.34. The van der Waals surface area contributed by atoms with Crippen LogP contribution in [0.25, 0.3) is 10.9 Å². The SMILES string of the molecule is COC(=O)c1ccc2c(C(=Nc3cc(C(=O)N(C)CCN(C)C)n(C)c3)c3ccc4c(c3)OCCO4)c(O)[nH]c2c1. The van der Waals surface area contributed by atoms with Crippen molar-refractivity contribution in [3.8, 4) is 17.4 Å². The molecule has 0 spiro atoms. The lowest BCUT2D eigenvalue weighted by atomic mass is 9.99. The van der Waals surface area contributed by atoms with E-state index >= 15 is 0 Å². The molecule has 0 saturated heterocycles. The molecule has 2 aromatic heterocycles. The highest BCUT2D eigenvalue weighted by Crippen LogP contribution is 2.36. The van der Waals surface area contributed by atoms with E-state index in [4.69, 9.17) is 19.2 Å². The minimum Gasteiger partial charge on any atom is -0.494 e. The van der Waals surface area contributed by atoms with Crippen molar-refractivity contribution in [2.75, 3.05) is 54.6 Å². The molecule has 0 aliphatic carbocycles. The Labute approximate surface area is 237 Å². The third-order valence-corrected chi connectivity index (χ3v) is 6.93. The third kappa shape index (κ3) is 5.62. The van der Waals surface area contributed by atoms with Gasteiger partial charge in [-0.25, -0.2) is 9.79 Å². The van der Waals surface area contributed by atoms with Crippen LogP contribution in [-0.2, 0) is 11.8 Å². The van der Waals surface area contributed by atoms with Crippen LogP contribution in [0, 0.1) is 0 Å². The summed E-state index contributed by atoms with van der Waals surface area (Å²) in [6.45, 7) is 2.20. The number of amides is 1. The molecule has 41 heavy (non-hydrogen) atoms. The summed E-state index contributed by atoms with van der Waals surface area (Å²) in [5.74, 6) is 0.465. The zero-order valence-electron chi connectivity index (χ0n) is 23.7. The van der Waals surface area contributed by atoms with Crippen molar-refractivity contribution in [2.45, 2.75) is 0 Å². The minimum absolute atomic E-state index is 0.119. The van der Waals surface area contributed by atoms with Gasteiger partial charge in [0.1, 0.15) is 18.9 Å². The smallest absolute Gasteiger partial charge is 0.337 e. The Kier molecular flexibility index (Phi) is 7.71. The predicted molar refractivity (Wildman–Crippen MR) is 155 cm³/mol. The number of hydrogen-bond donors (Lipinski definition) is 2. The van der Waals surface area contributed by atoms with E-state index in [1.165, 1.54) is 7.11 Å². The molecule has 0 saturated carbocycles. The number of aryl methyl sites for hydroxylation is 1. The Morgan fingerprint density at radius 3 is 2.49 bits per heavy atom. The fourth-order valence-corrected chi connectivity index (χ4v) is 4.72. The number of rotatable bonds is 8. The highest BCUT2D eigenvalue weighted by molar-refractivity contribution is 6.22. The van der Waals surface area contributed by atoms with Gasteiger partial charge in [-0.2, -0.15) is 0 Å². The number of esters is 1. The Morgan fingerprint density at radius 2 is 1.76 bits per heavy atom. The fraction of sp³-hybridized carbons (Fsp3) is 0.300. The molecule has 2 N–H and O–H groups in total. The zero-order valence-corrected chi connectivity index (χ0v) is 23.7. The van der Waals surface area contributed by atoms with E-state index in [9.17, 15) is 14.7 Å². The molecule has 2 aromatic carbocycles. The first-order chi connectivity index (χ1) is 19.7. The number of aromatic hydroxyl groups is 1. The number of hydrogen-bond acceptors (Lipinski definition) is 8. The molecule has 1 aliphatic rings.